The van der Waals surface area contributed by atoms with Gasteiger partial charge in [-0.05, 0) is 24.3 Å². The minimum absolute atomic E-state index is 0.00855. The Labute approximate surface area is 169 Å². The number of aromatic amines is 1. The molecule has 154 valence electrons. The molecule has 0 saturated heterocycles. The summed E-state index contributed by atoms with van der Waals surface area (Å²) in [5, 5.41) is 13.5. The summed E-state index contributed by atoms with van der Waals surface area (Å²) in [6.07, 6.45) is -1.53. The van der Waals surface area contributed by atoms with E-state index in [1.165, 1.54) is 27.3 Å². The lowest BCUT2D eigenvalue weighted by atomic mass is 10.0. The van der Waals surface area contributed by atoms with Crippen LogP contribution in [0.25, 0.3) is 11.3 Å². The highest BCUT2D eigenvalue weighted by Gasteiger charge is 2.32. The van der Waals surface area contributed by atoms with Crippen molar-refractivity contribution in [3.63, 3.8) is 0 Å². The molecule has 0 spiro atoms. The van der Waals surface area contributed by atoms with Crippen LogP contribution in [0.3, 0.4) is 0 Å². The molecule has 3 aromatic rings. The van der Waals surface area contributed by atoms with Crippen molar-refractivity contribution in [3.8, 4) is 22.8 Å². The van der Waals surface area contributed by atoms with Gasteiger partial charge in [-0.3, -0.25) is 19.1 Å². The molecule has 1 aliphatic heterocycles. The molecule has 1 atom stereocenters. The smallest absolute Gasteiger partial charge is 0.329 e. The number of carbonyl (C=O) groups excluding carboxylic acids is 1. The topological polar surface area (TPSA) is 136 Å². The summed E-state index contributed by atoms with van der Waals surface area (Å²) >= 11 is 0. The Morgan fingerprint density at radius 1 is 1.07 bits per heavy atom. The summed E-state index contributed by atoms with van der Waals surface area (Å²) in [5.41, 5.74) is -0.586. The second-order valence-electron chi connectivity index (χ2n) is 6.63. The van der Waals surface area contributed by atoms with E-state index in [2.05, 4.69) is 15.3 Å². The Morgan fingerprint density at radius 3 is 2.50 bits per heavy atom. The van der Waals surface area contributed by atoms with Crippen LogP contribution in [0, 0.1) is 0 Å². The fourth-order valence-corrected chi connectivity index (χ4v) is 3.39. The number of methoxy groups -OCH3 is 2. The van der Waals surface area contributed by atoms with Gasteiger partial charge in [0.15, 0.2) is 0 Å². The van der Waals surface area contributed by atoms with Crippen LogP contribution in [0.4, 0.5) is 5.82 Å². The van der Waals surface area contributed by atoms with Crippen LogP contribution >= 0.6 is 0 Å². The first kappa shape index (κ1) is 19.4. The first-order valence-corrected chi connectivity index (χ1v) is 8.91. The molecule has 2 aromatic heterocycles. The standard InChI is InChI=1S/C20H18N4O6/c1-24-17-14(19(27)23-20(24)28)16(25)15-11(18(26)22-17)6-7-12(21-15)10-5-4-9(29-2)8-13(10)30-3/h4-8,16,25H,1-3H3,(H,22,26)(H,23,27,28). The van der Waals surface area contributed by atoms with E-state index in [9.17, 15) is 19.5 Å². The van der Waals surface area contributed by atoms with E-state index in [4.69, 9.17) is 9.47 Å². The second kappa shape index (κ2) is 7.16. The molecule has 1 aliphatic rings. The molecule has 0 fully saturated rings. The van der Waals surface area contributed by atoms with Gasteiger partial charge in [-0.2, -0.15) is 0 Å². The molecule has 4 rings (SSSR count). The number of ether oxygens (including phenoxy) is 2. The molecular formula is C20H18N4O6. The molecule has 3 heterocycles. The van der Waals surface area contributed by atoms with Gasteiger partial charge in [-0.1, -0.05) is 0 Å². The lowest BCUT2D eigenvalue weighted by Gasteiger charge is -2.15. The van der Waals surface area contributed by atoms with Gasteiger partial charge in [-0.25, -0.2) is 9.78 Å². The highest BCUT2D eigenvalue weighted by molar-refractivity contribution is 6.06. The lowest BCUT2D eigenvalue weighted by Crippen LogP contribution is -2.34. The van der Waals surface area contributed by atoms with Crippen LogP contribution in [0.15, 0.2) is 39.9 Å². The van der Waals surface area contributed by atoms with Crippen LogP contribution < -0.4 is 26.0 Å². The largest absolute Gasteiger partial charge is 0.497 e. The van der Waals surface area contributed by atoms with E-state index in [1.54, 1.807) is 24.3 Å². The quantitative estimate of drug-likeness (QED) is 0.581. The molecule has 0 aliphatic carbocycles. The number of pyridine rings is 1. The van der Waals surface area contributed by atoms with E-state index in [-0.39, 0.29) is 22.6 Å². The van der Waals surface area contributed by atoms with Gasteiger partial charge >= 0.3 is 5.69 Å². The van der Waals surface area contributed by atoms with Crippen molar-refractivity contribution in [3.05, 3.63) is 68.0 Å². The fourth-order valence-electron chi connectivity index (χ4n) is 3.39. The zero-order valence-corrected chi connectivity index (χ0v) is 16.3. The predicted octanol–water partition coefficient (Wildman–Crippen LogP) is 0.800. The van der Waals surface area contributed by atoms with E-state index >= 15 is 0 Å². The number of carbonyl (C=O) groups is 1. The Bertz CT molecular complexity index is 1290. The van der Waals surface area contributed by atoms with Crippen LogP contribution in [-0.2, 0) is 7.05 Å². The van der Waals surface area contributed by atoms with Gasteiger partial charge in [0.2, 0.25) is 0 Å². The normalized spacial score (nSPS) is 14.9. The average Bonchev–Trinajstić information content (AvgIpc) is 2.86. The van der Waals surface area contributed by atoms with E-state index < -0.39 is 23.3 Å². The van der Waals surface area contributed by atoms with Crippen molar-refractivity contribution < 1.29 is 19.4 Å². The molecule has 30 heavy (non-hydrogen) atoms. The van der Waals surface area contributed by atoms with Crippen molar-refractivity contribution in [1.82, 2.24) is 14.5 Å². The van der Waals surface area contributed by atoms with Crippen LogP contribution in [0.1, 0.15) is 27.7 Å². The number of nitrogens with zero attached hydrogens (tertiary/aromatic N) is 2. The molecule has 3 N–H and O–H groups in total. The number of hydrogen-bond donors (Lipinski definition) is 3. The minimum atomic E-state index is -1.53. The first-order chi connectivity index (χ1) is 14.3. The van der Waals surface area contributed by atoms with E-state index in [1.807, 2.05) is 0 Å². The third kappa shape index (κ3) is 2.94. The summed E-state index contributed by atoms with van der Waals surface area (Å²) in [6, 6.07) is 8.25. The van der Waals surface area contributed by atoms with Crippen molar-refractivity contribution in [2.45, 2.75) is 6.10 Å². The van der Waals surface area contributed by atoms with Crippen LogP contribution in [0.2, 0.25) is 0 Å². The Balaban J connectivity index is 1.93. The third-order valence-electron chi connectivity index (χ3n) is 4.98. The lowest BCUT2D eigenvalue weighted by molar-refractivity contribution is 0.102. The molecule has 0 radical (unpaired) electrons. The molecule has 1 aromatic carbocycles. The van der Waals surface area contributed by atoms with E-state index in [0.717, 1.165) is 4.57 Å². The summed E-state index contributed by atoms with van der Waals surface area (Å²) in [4.78, 5) is 43.6. The Hall–Kier alpha value is -3.92. The monoisotopic (exact) mass is 410 g/mol. The van der Waals surface area contributed by atoms with Crippen molar-refractivity contribution in [1.29, 1.82) is 0 Å². The number of amides is 1. The number of benzene rings is 1. The molecule has 1 amide bonds. The molecule has 1 unspecified atom stereocenters. The molecule has 0 saturated carbocycles. The summed E-state index contributed by atoms with van der Waals surface area (Å²) in [7, 11) is 4.41. The average molecular weight is 410 g/mol. The van der Waals surface area contributed by atoms with Crippen molar-refractivity contribution in [2.75, 3.05) is 19.5 Å². The summed E-state index contributed by atoms with van der Waals surface area (Å²) < 4.78 is 11.7. The number of anilines is 1. The highest BCUT2D eigenvalue weighted by Crippen LogP contribution is 2.35. The van der Waals surface area contributed by atoms with Gasteiger partial charge in [0.05, 0.1) is 36.7 Å². The van der Waals surface area contributed by atoms with Gasteiger partial charge in [0.1, 0.15) is 23.4 Å². The SMILES string of the molecule is COc1ccc(-c2ccc3c(n2)C(O)c2c(n(C)c(=O)[nH]c2=O)NC3=O)c(OC)c1. The van der Waals surface area contributed by atoms with E-state index in [0.29, 0.717) is 22.8 Å². The number of hydrogen-bond acceptors (Lipinski definition) is 7. The van der Waals surface area contributed by atoms with Gasteiger partial charge in [-0.15, -0.1) is 0 Å². The minimum Gasteiger partial charge on any atom is -0.497 e. The van der Waals surface area contributed by atoms with Gasteiger partial charge < -0.3 is 19.9 Å². The number of H-pyrrole nitrogens is 1. The van der Waals surface area contributed by atoms with Gasteiger partial charge in [0.25, 0.3) is 11.5 Å². The predicted molar refractivity (Wildman–Crippen MR) is 107 cm³/mol. The maximum Gasteiger partial charge on any atom is 0.329 e. The molecule has 0 bridgehead atoms. The van der Waals surface area contributed by atoms with Gasteiger partial charge in [0, 0.05) is 18.7 Å². The number of nitrogens with one attached hydrogen (secondary N) is 2. The maximum absolute atomic E-state index is 12.7. The Morgan fingerprint density at radius 2 is 1.80 bits per heavy atom. The number of fused-ring (bicyclic) bond motifs is 2. The zero-order valence-electron chi connectivity index (χ0n) is 16.3. The van der Waals surface area contributed by atoms with Crippen LogP contribution in [0.5, 0.6) is 11.5 Å². The molecule has 10 nitrogen and oxygen atoms in total. The number of aliphatic hydroxyl groups excluding tert-OH is 1. The highest BCUT2D eigenvalue weighted by atomic mass is 16.5. The molecular weight excluding hydrogens is 392 g/mol. The molecule has 10 heteroatoms. The third-order valence-corrected chi connectivity index (χ3v) is 4.98. The van der Waals surface area contributed by atoms with Crippen LogP contribution in [-0.4, -0.2) is 39.8 Å². The summed E-state index contributed by atoms with van der Waals surface area (Å²) in [5.74, 6) is 0.396. The maximum atomic E-state index is 12.7. The second-order valence-corrected chi connectivity index (χ2v) is 6.63. The summed E-state index contributed by atoms with van der Waals surface area (Å²) in [6.45, 7) is 0. The number of aromatic nitrogens is 3. The van der Waals surface area contributed by atoms with Crippen molar-refractivity contribution >= 4 is 11.7 Å². The number of rotatable bonds is 3. The first-order valence-electron chi connectivity index (χ1n) is 8.91. The van der Waals surface area contributed by atoms with Crippen molar-refractivity contribution in [2.24, 2.45) is 7.05 Å². The Kier molecular flexibility index (Phi) is 4.63. The zero-order chi connectivity index (χ0) is 21.6. The number of aliphatic hydroxyl groups is 1. The fraction of sp³-hybridized carbons (Fsp3) is 0.200.